The van der Waals surface area contributed by atoms with Gasteiger partial charge in [-0.25, -0.2) is 0 Å². The molecule has 0 bridgehead atoms. The van der Waals surface area contributed by atoms with Crippen molar-refractivity contribution >= 4 is 22.6 Å². The summed E-state index contributed by atoms with van der Waals surface area (Å²) in [5.41, 5.74) is 2.64. The molecule has 0 atom stereocenters. The van der Waals surface area contributed by atoms with Gasteiger partial charge in [-0.2, -0.15) is 5.10 Å². The standard InChI is InChI=1S/C15H16N4O/c1-9(2)13-8-14(19-18-13)17-15(20)11-3-4-12-10(7-11)5-6-16-12/h3-9,16H,1-2H3,(H2,17,18,19,20). The Bertz CT molecular complexity index is 754. The highest BCUT2D eigenvalue weighted by molar-refractivity contribution is 6.05. The number of nitrogens with one attached hydrogen (secondary N) is 3. The molecule has 0 saturated heterocycles. The summed E-state index contributed by atoms with van der Waals surface area (Å²) in [6, 6.07) is 9.35. The van der Waals surface area contributed by atoms with Crippen molar-refractivity contribution in [2.75, 3.05) is 5.32 Å². The lowest BCUT2D eigenvalue weighted by atomic mass is 10.1. The summed E-state index contributed by atoms with van der Waals surface area (Å²) in [7, 11) is 0. The van der Waals surface area contributed by atoms with Gasteiger partial charge in [-0.05, 0) is 30.2 Å². The van der Waals surface area contributed by atoms with Crippen LogP contribution in [-0.4, -0.2) is 21.1 Å². The van der Waals surface area contributed by atoms with Crippen LogP contribution >= 0.6 is 0 Å². The van der Waals surface area contributed by atoms with E-state index in [0.29, 0.717) is 17.3 Å². The summed E-state index contributed by atoms with van der Waals surface area (Å²) < 4.78 is 0. The quantitative estimate of drug-likeness (QED) is 0.682. The summed E-state index contributed by atoms with van der Waals surface area (Å²) >= 11 is 0. The van der Waals surface area contributed by atoms with Crippen molar-refractivity contribution in [3.8, 4) is 0 Å². The largest absolute Gasteiger partial charge is 0.361 e. The van der Waals surface area contributed by atoms with Crippen LogP contribution in [0.1, 0.15) is 35.8 Å². The molecule has 3 aromatic rings. The summed E-state index contributed by atoms with van der Waals surface area (Å²) in [5, 5.41) is 10.8. The Hall–Kier alpha value is -2.56. The van der Waals surface area contributed by atoms with E-state index in [1.54, 1.807) is 6.07 Å². The molecule has 0 aliphatic carbocycles. The maximum atomic E-state index is 12.2. The van der Waals surface area contributed by atoms with Crippen molar-refractivity contribution in [2.24, 2.45) is 0 Å². The third-order valence-electron chi connectivity index (χ3n) is 3.28. The number of fused-ring (bicyclic) bond motifs is 1. The number of anilines is 1. The lowest BCUT2D eigenvalue weighted by Gasteiger charge is -2.02. The highest BCUT2D eigenvalue weighted by Gasteiger charge is 2.10. The smallest absolute Gasteiger partial charge is 0.256 e. The van der Waals surface area contributed by atoms with Gasteiger partial charge in [0.05, 0.1) is 0 Å². The van der Waals surface area contributed by atoms with Gasteiger partial charge >= 0.3 is 0 Å². The lowest BCUT2D eigenvalue weighted by Crippen LogP contribution is -2.11. The Morgan fingerprint density at radius 3 is 2.85 bits per heavy atom. The molecule has 0 aliphatic heterocycles. The molecule has 0 unspecified atom stereocenters. The second-order valence-corrected chi connectivity index (χ2v) is 5.10. The van der Waals surface area contributed by atoms with E-state index in [1.807, 2.05) is 30.5 Å². The van der Waals surface area contributed by atoms with Crippen LogP contribution in [0, 0.1) is 0 Å². The number of carbonyl (C=O) groups is 1. The van der Waals surface area contributed by atoms with Crippen molar-refractivity contribution in [3.05, 3.63) is 47.8 Å². The van der Waals surface area contributed by atoms with E-state index < -0.39 is 0 Å². The first kappa shape index (κ1) is 12.5. The van der Waals surface area contributed by atoms with Crippen molar-refractivity contribution in [1.82, 2.24) is 15.2 Å². The predicted molar refractivity (Wildman–Crippen MR) is 78.9 cm³/mol. The van der Waals surface area contributed by atoms with Gasteiger partial charge in [0.2, 0.25) is 0 Å². The minimum atomic E-state index is -0.157. The van der Waals surface area contributed by atoms with Gasteiger partial charge in [0.25, 0.3) is 5.91 Å². The first-order chi connectivity index (χ1) is 9.63. The Morgan fingerprint density at radius 2 is 2.10 bits per heavy atom. The second kappa shape index (κ2) is 4.85. The van der Waals surface area contributed by atoms with Crippen LogP contribution in [0.2, 0.25) is 0 Å². The minimum Gasteiger partial charge on any atom is -0.361 e. The third-order valence-corrected chi connectivity index (χ3v) is 3.28. The van der Waals surface area contributed by atoms with E-state index in [0.717, 1.165) is 16.6 Å². The third kappa shape index (κ3) is 2.30. The molecule has 3 N–H and O–H groups in total. The van der Waals surface area contributed by atoms with Gasteiger partial charge in [0, 0.05) is 34.4 Å². The fourth-order valence-corrected chi connectivity index (χ4v) is 2.08. The van der Waals surface area contributed by atoms with Crippen LogP contribution in [0.3, 0.4) is 0 Å². The fourth-order valence-electron chi connectivity index (χ4n) is 2.08. The molecular weight excluding hydrogens is 252 g/mol. The summed E-state index contributed by atoms with van der Waals surface area (Å²) in [6.45, 7) is 4.14. The highest BCUT2D eigenvalue weighted by atomic mass is 16.1. The van der Waals surface area contributed by atoms with Crippen molar-refractivity contribution in [3.63, 3.8) is 0 Å². The highest BCUT2D eigenvalue weighted by Crippen LogP contribution is 2.17. The van der Waals surface area contributed by atoms with Gasteiger partial charge < -0.3 is 10.3 Å². The SMILES string of the molecule is CC(C)c1cc(NC(=O)c2ccc3[nH]ccc3c2)n[nH]1. The van der Waals surface area contributed by atoms with Crippen LogP contribution < -0.4 is 5.32 Å². The number of hydrogen-bond donors (Lipinski definition) is 3. The molecule has 102 valence electrons. The van der Waals surface area contributed by atoms with E-state index >= 15 is 0 Å². The molecule has 2 heterocycles. The maximum Gasteiger partial charge on any atom is 0.256 e. The molecule has 2 aromatic heterocycles. The van der Waals surface area contributed by atoms with Crippen molar-refractivity contribution in [1.29, 1.82) is 0 Å². The van der Waals surface area contributed by atoms with Crippen LogP contribution in [0.4, 0.5) is 5.82 Å². The van der Waals surface area contributed by atoms with Crippen LogP contribution in [-0.2, 0) is 0 Å². The van der Waals surface area contributed by atoms with Crippen LogP contribution in [0.15, 0.2) is 36.5 Å². The van der Waals surface area contributed by atoms with E-state index in [2.05, 4.69) is 34.3 Å². The van der Waals surface area contributed by atoms with E-state index in [4.69, 9.17) is 0 Å². The molecule has 3 rings (SSSR count). The number of amides is 1. The Morgan fingerprint density at radius 1 is 1.25 bits per heavy atom. The van der Waals surface area contributed by atoms with E-state index in [1.165, 1.54) is 0 Å². The van der Waals surface area contributed by atoms with Crippen LogP contribution in [0.5, 0.6) is 0 Å². The molecule has 5 heteroatoms. The minimum absolute atomic E-state index is 0.157. The zero-order valence-corrected chi connectivity index (χ0v) is 11.4. The van der Waals surface area contributed by atoms with Crippen molar-refractivity contribution in [2.45, 2.75) is 19.8 Å². The maximum absolute atomic E-state index is 12.2. The molecule has 20 heavy (non-hydrogen) atoms. The average molecular weight is 268 g/mol. The Balaban J connectivity index is 1.80. The van der Waals surface area contributed by atoms with E-state index in [-0.39, 0.29) is 5.91 Å². The van der Waals surface area contributed by atoms with Gasteiger partial charge in [-0.1, -0.05) is 13.8 Å². The number of aromatic nitrogens is 3. The molecule has 0 radical (unpaired) electrons. The summed E-state index contributed by atoms with van der Waals surface area (Å²) in [5.74, 6) is 0.743. The summed E-state index contributed by atoms with van der Waals surface area (Å²) in [4.78, 5) is 15.3. The predicted octanol–water partition coefficient (Wildman–Crippen LogP) is 3.27. The molecule has 1 aromatic carbocycles. The van der Waals surface area contributed by atoms with Gasteiger partial charge in [0.15, 0.2) is 5.82 Å². The first-order valence-electron chi connectivity index (χ1n) is 6.57. The summed E-state index contributed by atoms with van der Waals surface area (Å²) in [6.07, 6.45) is 1.86. The topological polar surface area (TPSA) is 73.6 Å². The van der Waals surface area contributed by atoms with E-state index in [9.17, 15) is 4.79 Å². The fraction of sp³-hybridized carbons (Fsp3) is 0.200. The normalized spacial score (nSPS) is 11.2. The Kier molecular flexibility index (Phi) is 3.02. The van der Waals surface area contributed by atoms with Gasteiger partial charge in [-0.3, -0.25) is 9.89 Å². The molecular formula is C15H16N4O. The number of aromatic amines is 2. The molecule has 1 amide bonds. The number of carbonyl (C=O) groups excluding carboxylic acids is 1. The number of hydrogen-bond acceptors (Lipinski definition) is 2. The number of benzene rings is 1. The Labute approximate surface area is 116 Å². The number of H-pyrrole nitrogens is 2. The zero-order valence-electron chi connectivity index (χ0n) is 11.4. The first-order valence-corrected chi connectivity index (χ1v) is 6.57. The number of rotatable bonds is 3. The lowest BCUT2D eigenvalue weighted by molar-refractivity contribution is 0.102. The number of nitrogens with zero attached hydrogens (tertiary/aromatic N) is 1. The van der Waals surface area contributed by atoms with Gasteiger partial charge in [0.1, 0.15) is 0 Å². The molecule has 5 nitrogen and oxygen atoms in total. The zero-order chi connectivity index (χ0) is 14.1. The monoisotopic (exact) mass is 268 g/mol. The van der Waals surface area contributed by atoms with Gasteiger partial charge in [-0.15, -0.1) is 0 Å². The van der Waals surface area contributed by atoms with Crippen molar-refractivity contribution < 1.29 is 4.79 Å². The molecule has 0 aliphatic rings. The second-order valence-electron chi connectivity index (χ2n) is 5.10. The molecule has 0 fully saturated rings. The molecule has 0 saturated carbocycles. The average Bonchev–Trinajstić information content (AvgIpc) is 3.05. The molecule has 0 spiro atoms. The van der Waals surface area contributed by atoms with Crippen LogP contribution in [0.25, 0.3) is 10.9 Å².